The van der Waals surface area contributed by atoms with E-state index in [4.69, 9.17) is 4.99 Å². The number of carbonyl (C=O) groups excluding carboxylic acids is 1. The fourth-order valence-electron chi connectivity index (χ4n) is 3.60. The van der Waals surface area contributed by atoms with Crippen LogP contribution in [0.25, 0.3) is 16.3 Å². The van der Waals surface area contributed by atoms with Crippen LogP contribution in [0.4, 0.5) is 11.4 Å². The minimum atomic E-state index is -0.326. The predicted molar refractivity (Wildman–Crippen MR) is 95.0 cm³/mol. The third-order valence-corrected chi connectivity index (χ3v) is 4.64. The first kappa shape index (κ1) is 13.7. The molecule has 1 aliphatic heterocycles. The molecule has 2 aromatic carbocycles. The Morgan fingerprint density at radius 2 is 1.68 bits per heavy atom. The average Bonchev–Trinajstić information content (AvgIpc) is 3.13. The minimum absolute atomic E-state index is 0.181. The van der Waals surface area contributed by atoms with Gasteiger partial charge in [0.2, 0.25) is 0 Å². The van der Waals surface area contributed by atoms with Gasteiger partial charge in [-0.2, -0.15) is 5.26 Å². The number of fused-ring (bicyclic) bond motifs is 3. The quantitative estimate of drug-likeness (QED) is 0.585. The van der Waals surface area contributed by atoms with Crippen LogP contribution in [-0.4, -0.2) is 5.91 Å². The van der Waals surface area contributed by atoms with Gasteiger partial charge in [0.25, 0.3) is 5.91 Å². The van der Waals surface area contributed by atoms with Crippen molar-refractivity contribution in [3.63, 3.8) is 0 Å². The molecule has 0 saturated carbocycles. The van der Waals surface area contributed by atoms with Gasteiger partial charge in [0.05, 0.1) is 16.7 Å². The van der Waals surface area contributed by atoms with Crippen molar-refractivity contribution in [2.24, 2.45) is 4.99 Å². The number of rotatable bonds is 1. The Labute approximate surface area is 142 Å². The van der Waals surface area contributed by atoms with E-state index in [0.717, 1.165) is 37.9 Å². The van der Waals surface area contributed by atoms with E-state index < -0.39 is 0 Å². The first-order valence-electron chi connectivity index (χ1n) is 7.94. The molecule has 1 N–H and O–H groups in total. The van der Waals surface area contributed by atoms with Gasteiger partial charge in [-0.15, -0.1) is 0 Å². The lowest BCUT2D eigenvalue weighted by Crippen LogP contribution is -2.09. The highest BCUT2D eigenvalue weighted by Crippen LogP contribution is 2.25. The number of carbonyl (C=O) groups is 1. The molecule has 5 rings (SSSR count). The molecule has 3 aliphatic rings. The fraction of sp³-hybridized carbons (Fsp3) is 0. The van der Waals surface area contributed by atoms with Crippen molar-refractivity contribution >= 4 is 33.6 Å². The number of nitrogens with one attached hydrogen (secondary N) is 1. The molecule has 1 amide bonds. The first-order valence-corrected chi connectivity index (χ1v) is 7.94. The van der Waals surface area contributed by atoms with Crippen LogP contribution in [0.5, 0.6) is 0 Å². The first-order chi connectivity index (χ1) is 12.3. The fourth-order valence-corrected chi connectivity index (χ4v) is 3.60. The molecule has 0 bridgehead atoms. The summed E-state index contributed by atoms with van der Waals surface area (Å²) in [6.07, 6.45) is 0. The summed E-state index contributed by atoms with van der Waals surface area (Å²) in [6.45, 7) is 0. The minimum Gasteiger partial charge on any atom is -0.320 e. The summed E-state index contributed by atoms with van der Waals surface area (Å²) in [5, 5.41) is 17.7. The SMILES string of the molecule is N#CC1=c2c(c3cccc4c(=Nc5ccccc5)ccc2=c34)NC1=O. The Hall–Kier alpha value is -3.71. The maximum atomic E-state index is 12.0. The number of anilines is 1. The molecule has 2 aromatic rings. The van der Waals surface area contributed by atoms with E-state index in [1.54, 1.807) is 0 Å². The second kappa shape index (κ2) is 4.89. The monoisotopic (exact) mass is 321 g/mol. The van der Waals surface area contributed by atoms with Gasteiger partial charge in [0, 0.05) is 21.2 Å². The van der Waals surface area contributed by atoms with Crippen molar-refractivity contribution in [2.75, 3.05) is 5.32 Å². The zero-order valence-electron chi connectivity index (χ0n) is 13.1. The summed E-state index contributed by atoms with van der Waals surface area (Å²) in [5.74, 6) is -0.326. The van der Waals surface area contributed by atoms with Crippen LogP contribution in [-0.2, 0) is 4.79 Å². The van der Waals surface area contributed by atoms with Gasteiger partial charge in [-0.3, -0.25) is 4.79 Å². The van der Waals surface area contributed by atoms with Gasteiger partial charge in [-0.05, 0) is 23.4 Å². The zero-order chi connectivity index (χ0) is 17.0. The summed E-state index contributed by atoms with van der Waals surface area (Å²) in [6, 6.07) is 21.7. The highest BCUT2D eigenvalue weighted by molar-refractivity contribution is 6.30. The number of nitrogens with zero attached hydrogens (tertiary/aromatic N) is 2. The van der Waals surface area contributed by atoms with Gasteiger partial charge < -0.3 is 5.32 Å². The van der Waals surface area contributed by atoms with Gasteiger partial charge in [-0.25, -0.2) is 4.99 Å². The van der Waals surface area contributed by atoms with Crippen LogP contribution < -0.4 is 15.9 Å². The van der Waals surface area contributed by atoms with Crippen LogP contribution in [0.3, 0.4) is 0 Å². The second-order valence-corrected chi connectivity index (χ2v) is 6.00. The number of amides is 1. The van der Waals surface area contributed by atoms with E-state index in [0.29, 0.717) is 5.22 Å². The van der Waals surface area contributed by atoms with Crippen LogP contribution in [0.15, 0.2) is 65.7 Å². The van der Waals surface area contributed by atoms with Crippen molar-refractivity contribution in [3.8, 4) is 6.07 Å². The van der Waals surface area contributed by atoms with E-state index in [1.165, 1.54) is 0 Å². The number of benzene rings is 2. The molecule has 0 unspecified atom stereocenters. The Morgan fingerprint density at radius 1 is 0.880 bits per heavy atom. The zero-order valence-corrected chi connectivity index (χ0v) is 13.1. The Bertz CT molecular complexity index is 1380. The van der Waals surface area contributed by atoms with E-state index in [9.17, 15) is 10.1 Å². The Morgan fingerprint density at radius 3 is 2.48 bits per heavy atom. The van der Waals surface area contributed by atoms with Crippen LogP contribution >= 0.6 is 0 Å². The molecular formula is C21H11N3O. The molecule has 25 heavy (non-hydrogen) atoms. The number of para-hydroxylation sites is 1. The normalized spacial score (nSPS) is 14.1. The molecular weight excluding hydrogens is 310 g/mol. The third-order valence-electron chi connectivity index (χ3n) is 4.64. The maximum Gasteiger partial charge on any atom is 0.267 e. The Balaban J connectivity index is 2.00. The van der Waals surface area contributed by atoms with E-state index in [1.807, 2.05) is 66.7 Å². The summed E-state index contributed by atoms with van der Waals surface area (Å²) in [5.41, 5.74) is 1.80. The third kappa shape index (κ3) is 1.81. The van der Waals surface area contributed by atoms with Gasteiger partial charge >= 0.3 is 0 Å². The second-order valence-electron chi connectivity index (χ2n) is 6.00. The average molecular weight is 321 g/mol. The summed E-state index contributed by atoms with van der Waals surface area (Å²) < 4.78 is 0. The highest BCUT2D eigenvalue weighted by Gasteiger charge is 2.25. The molecule has 0 saturated heterocycles. The summed E-state index contributed by atoms with van der Waals surface area (Å²) >= 11 is 0. The van der Waals surface area contributed by atoms with Crippen molar-refractivity contribution in [1.29, 1.82) is 5.26 Å². The number of hydrogen-bond acceptors (Lipinski definition) is 3. The standard InChI is InChI=1S/C21H11N3O/c22-11-16-19-14-9-10-17(23-12-5-2-1-3-6-12)13-7-4-8-15(18(13)14)20(19)24-21(16)25/h1-10H,(H,24,25). The smallest absolute Gasteiger partial charge is 0.267 e. The lowest BCUT2D eigenvalue weighted by atomic mass is 10.1. The largest absolute Gasteiger partial charge is 0.320 e. The molecule has 0 radical (unpaired) electrons. The van der Waals surface area contributed by atoms with Gasteiger partial charge in [0.1, 0.15) is 11.6 Å². The van der Waals surface area contributed by atoms with Crippen LogP contribution in [0, 0.1) is 21.8 Å². The molecule has 4 nitrogen and oxygen atoms in total. The molecule has 0 spiro atoms. The van der Waals surface area contributed by atoms with Crippen molar-refractivity contribution in [2.45, 2.75) is 0 Å². The predicted octanol–water partition coefficient (Wildman–Crippen LogP) is 2.58. The van der Waals surface area contributed by atoms with E-state index >= 15 is 0 Å². The summed E-state index contributed by atoms with van der Waals surface area (Å²) in [7, 11) is 0. The number of hydrogen-bond donors (Lipinski definition) is 1. The number of nitriles is 1. The van der Waals surface area contributed by atoms with E-state index in [-0.39, 0.29) is 11.5 Å². The molecule has 0 atom stereocenters. The van der Waals surface area contributed by atoms with Crippen molar-refractivity contribution in [1.82, 2.24) is 0 Å². The molecule has 0 fully saturated rings. The maximum absolute atomic E-state index is 12.0. The molecule has 1 heterocycles. The van der Waals surface area contributed by atoms with Crippen molar-refractivity contribution in [3.05, 3.63) is 81.7 Å². The van der Waals surface area contributed by atoms with Crippen molar-refractivity contribution < 1.29 is 4.79 Å². The lowest BCUT2D eigenvalue weighted by Gasteiger charge is -2.00. The highest BCUT2D eigenvalue weighted by atomic mass is 16.1. The van der Waals surface area contributed by atoms with Crippen LogP contribution in [0.1, 0.15) is 0 Å². The van der Waals surface area contributed by atoms with Gasteiger partial charge in [-0.1, -0.05) is 42.5 Å². The molecule has 2 aliphatic carbocycles. The Kier molecular flexibility index (Phi) is 2.68. The molecule has 0 aromatic heterocycles. The molecule has 4 heteroatoms. The molecule has 116 valence electrons. The van der Waals surface area contributed by atoms with E-state index in [2.05, 4.69) is 5.32 Å². The lowest BCUT2D eigenvalue weighted by molar-refractivity contribution is -0.110. The van der Waals surface area contributed by atoms with Gasteiger partial charge in [0.15, 0.2) is 0 Å². The van der Waals surface area contributed by atoms with Crippen LogP contribution in [0.2, 0.25) is 0 Å². The summed E-state index contributed by atoms with van der Waals surface area (Å²) in [4.78, 5) is 16.8. The topological polar surface area (TPSA) is 65.2 Å².